The summed E-state index contributed by atoms with van der Waals surface area (Å²) in [6.45, 7) is 2.60. The lowest BCUT2D eigenvalue weighted by atomic mass is 9.95. The maximum atomic E-state index is 16.9. The van der Waals surface area contributed by atoms with Gasteiger partial charge in [0, 0.05) is 30.5 Å². The minimum absolute atomic E-state index is 0.00120. The molecular weight excluding hydrogens is 571 g/mol. The van der Waals surface area contributed by atoms with Crippen LogP contribution in [0.4, 0.5) is 19.0 Å². The molecule has 2 aromatic heterocycles. The summed E-state index contributed by atoms with van der Waals surface area (Å²) < 4.78 is 58.5. The first-order valence-electron chi connectivity index (χ1n) is 15.0. The predicted molar refractivity (Wildman–Crippen MR) is 158 cm³/mol. The summed E-state index contributed by atoms with van der Waals surface area (Å²) in [5.41, 5.74) is -0.122. The number of hydrogen-bond acceptors (Lipinski definition) is 8. The Morgan fingerprint density at radius 1 is 1.14 bits per heavy atom. The van der Waals surface area contributed by atoms with Crippen LogP contribution < -0.4 is 9.64 Å². The Labute approximate surface area is 251 Å². The molecule has 44 heavy (non-hydrogen) atoms. The SMILES string of the molecule is C#Cc1c(F)ccc2cc(O)cc(-c3nc4c5c(nc(OC[C@@]67CCCN6C[C@H](F)C7)nc5c3F)N3CCC[C@H]3COC4)c12. The highest BCUT2D eigenvalue weighted by atomic mass is 19.1. The van der Waals surface area contributed by atoms with Gasteiger partial charge in [-0.25, -0.2) is 18.2 Å². The number of phenolic OH excluding ortho intramolecular Hbond substituents is 1. The average molecular weight is 602 g/mol. The van der Waals surface area contributed by atoms with Crippen molar-refractivity contribution >= 4 is 27.5 Å². The highest BCUT2D eigenvalue weighted by Gasteiger charge is 2.49. The van der Waals surface area contributed by atoms with Gasteiger partial charge in [-0.3, -0.25) is 4.90 Å². The van der Waals surface area contributed by atoms with Gasteiger partial charge in [0.2, 0.25) is 0 Å². The van der Waals surface area contributed by atoms with Crippen molar-refractivity contribution in [3.63, 3.8) is 0 Å². The highest BCUT2D eigenvalue weighted by Crippen LogP contribution is 2.43. The molecule has 2 aromatic carbocycles. The van der Waals surface area contributed by atoms with Crippen molar-refractivity contribution in [2.24, 2.45) is 0 Å². The minimum atomic E-state index is -0.918. The molecule has 8 nitrogen and oxygen atoms in total. The van der Waals surface area contributed by atoms with E-state index >= 15 is 4.39 Å². The van der Waals surface area contributed by atoms with Crippen LogP contribution in [0.1, 0.15) is 43.4 Å². The Hall–Kier alpha value is -4.14. The number of alkyl halides is 1. The van der Waals surface area contributed by atoms with Gasteiger partial charge in [0.05, 0.1) is 41.4 Å². The molecule has 1 N–H and O–H groups in total. The molecule has 0 bridgehead atoms. The molecule has 0 aliphatic carbocycles. The van der Waals surface area contributed by atoms with Gasteiger partial charge in [-0.1, -0.05) is 12.0 Å². The van der Waals surface area contributed by atoms with E-state index < -0.39 is 23.3 Å². The molecule has 4 aromatic rings. The molecule has 4 aliphatic rings. The van der Waals surface area contributed by atoms with Crippen molar-refractivity contribution in [3.05, 3.63) is 47.2 Å². The number of anilines is 1. The first-order chi connectivity index (χ1) is 21.3. The quantitative estimate of drug-likeness (QED) is 0.317. The number of halogens is 3. The number of rotatable bonds is 4. The third-order valence-electron chi connectivity index (χ3n) is 9.70. The molecular formula is C33H30F3N5O3. The van der Waals surface area contributed by atoms with Gasteiger partial charge in [0.1, 0.15) is 41.4 Å². The van der Waals surface area contributed by atoms with Crippen molar-refractivity contribution in [1.82, 2.24) is 19.9 Å². The average Bonchev–Trinajstić information content (AvgIpc) is 3.70. The Kier molecular flexibility index (Phi) is 6.36. The number of phenols is 1. The fourth-order valence-corrected chi connectivity index (χ4v) is 7.74. The van der Waals surface area contributed by atoms with Gasteiger partial charge in [0.25, 0.3) is 0 Å². The number of nitrogens with zero attached hydrogens (tertiary/aromatic N) is 5. The van der Waals surface area contributed by atoms with Gasteiger partial charge in [-0.15, -0.1) is 6.42 Å². The van der Waals surface area contributed by atoms with Crippen molar-refractivity contribution in [1.29, 1.82) is 0 Å². The zero-order valence-corrected chi connectivity index (χ0v) is 24.0. The maximum absolute atomic E-state index is 16.9. The van der Waals surface area contributed by atoms with Crippen LogP contribution >= 0.6 is 0 Å². The van der Waals surface area contributed by atoms with Crippen molar-refractivity contribution in [2.75, 3.05) is 37.7 Å². The summed E-state index contributed by atoms with van der Waals surface area (Å²) >= 11 is 0. The van der Waals surface area contributed by atoms with Gasteiger partial charge >= 0.3 is 6.01 Å². The summed E-state index contributed by atoms with van der Waals surface area (Å²) in [6.07, 6.45) is 8.75. The minimum Gasteiger partial charge on any atom is -0.508 e. The van der Waals surface area contributed by atoms with Crippen molar-refractivity contribution in [3.8, 4) is 35.4 Å². The van der Waals surface area contributed by atoms with Gasteiger partial charge in [0.15, 0.2) is 5.82 Å². The van der Waals surface area contributed by atoms with E-state index in [1.807, 2.05) is 0 Å². The summed E-state index contributed by atoms with van der Waals surface area (Å²) in [6, 6.07) is 5.52. The second-order valence-electron chi connectivity index (χ2n) is 12.3. The zero-order chi connectivity index (χ0) is 30.2. The summed E-state index contributed by atoms with van der Waals surface area (Å²) in [5.74, 6) is 1.32. The third-order valence-corrected chi connectivity index (χ3v) is 9.70. The van der Waals surface area contributed by atoms with Gasteiger partial charge in [-0.2, -0.15) is 9.97 Å². The van der Waals surface area contributed by atoms with Crippen LogP contribution in [-0.4, -0.2) is 75.6 Å². The predicted octanol–water partition coefficient (Wildman–Crippen LogP) is 5.26. The number of ether oxygens (including phenoxy) is 2. The van der Waals surface area contributed by atoms with E-state index in [1.165, 1.54) is 24.3 Å². The molecule has 226 valence electrons. The normalized spacial score (nSPS) is 24.7. The first kappa shape index (κ1) is 27.4. The molecule has 0 amide bonds. The standard InChI is InChI=1S/C33H30F3N5O3/c1-2-22-24(35)7-6-18-11-21(42)12-23(26(18)22)29-28(36)30-27-25(37-29)16-43-15-20-5-3-10-41(20)31(27)39-32(38-30)44-17-33-8-4-9-40(33)14-19(34)13-33/h1,6-7,11-12,19-20,42H,3-5,8-10,13-17H2/t19-,20+,33+/m1/s1. The second-order valence-corrected chi connectivity index (χ2v) is 12.3. The molecule has 3 saturated heterocycles. The second kappa shape index (κ2) is 10.2. The number of benzene rings is 2. The molecule has 0 unspecified atom stereocenters. The van der Waals surface area contributed by atoms with E-state index in [1.54, 1.807) is 0 Å². The molecule has 3 atom stereocenters. The zero-order valence-electron chi connectivity index (χ0n) is 24.0. The Balaban J connectivity index is 1.34. The van der Waals surface area contributed by atoms with Crippen LogP contribution in [0, 0.1) is 24.0 Å². The Morgan fingerprint density at radius 3 is 2.89 bits per heavy atom. The Bertz CT molecular complexity index is 1880. The van der Waals surface area contributed by atoms with Crippen LogP contribution in [0.3, 0.4) is 0 Å². The molecule has 3 fully saturated rings. The molecule has 0 spiro atoms. The number of pyridine rings is 1. The lowest BCUT2D eigenvalue weighted by Crippen LogP contribution is -2.43. The molecule has 4 aliphatic heterocycles. The van der Waals surface area contributed by atoms with Crippen LogP contribution in [0.5, 0.6) is 11.8 Å². The van der Waals surface area contributed by atoms with Gasteiger partial charge in [-0.05, 0) is 55.8 Å². The number of terminal acetylenes is 1. The van der Waals surface area contributed by atoms with E-state index in [0.717, 1.165) is 32.2 Å². The van der Waals surface area contributed by atoms with Crippen LogP contribution in [0.2, 0.25) is 0 Å². The number of hydrogen-bond donors (Lipinski definition) is 1. The van der Waals surface area contributed by atoms with Crippen LogP contribution in [0.25, 0.3) is 32.9 Å². The number of aromatic hydroxyl groups is 1. The van der Waals surface area contributed by atoms with Crippen molar-refractivity contribution in [2.45, 2.75) is 56.5 Å². The molecule has 6 heterocycles. The fraction of sp³-hybridized carbons (Fsp3) is 0.424. The molecule has 8 rings (SSSR count). The maximum Gasteiger partial charge on any atom is 0.319 e. The van der Waals surface area contributed by atoms with E-state index in [-0.39, 0.29) is 58.7 Å². The molecule has 0 saturated carbocycles. The third kappa shape index (κ3) is 4.19. The number of fused-ring (bicyclic) bond motifs is 4. The summed E-state index contributed by atoms with van der Waals surface area (Å²) in [4.78, 5) is 18.3. The monoisotopic (exact) mass is 601 g/mol. The van der Waals surface area contributed by atoms with E-state index in [0.29, 0.717) is 48.4 Å². The topological polar surface area (TPSA) is 83.8 Å². The summed E-state index contributed by atoms with van der Waals surface area (Å²) in [5, 5.41) is 11.7. The lowest BCUT2D eigenvalue weighted by molar-refractivity contribution is 0.104. The Morgan fingerprint density at radius 2 is 2.02 bits per heavy atom. The van der Waals surface area contributed by atoms with Crippen LogP contribution in [0.15, 0.2) is 24.3 Å². The molecule has 11 heteroatoms. The summed E-state index contributed by atoms with van der Waals surface area (Å²) in [7, 11) is 0. The fourth-order valence-electron chi connectivity index (χ4n) is 7.74. The lowest BCUT2D eigenvalue weighted by Gasteiger charge is -2.32. The molecule has 0 radical (unpaired) electrons. The van der Waals surface area contributed by atoms with Crippen molar-refractivity contribution < 1.29 is 27.8 Å². The smallest absolute Gasteiger partial charge is 0.319 e. The number of aromatic nitrogens is 3. The largest absolute Gasteiger partial charge is 0.508 e. The first-order valence-corrected chi connectivity index (χ1v) is 15.0. The van der Waals surface area contributed by atoms with Crippen LogP contribution in [-0.2, 0) is 11.3 Å². The van der Waals surface area contributed by atoms with E-state index in [9.17, 15) is 13.9 Å². The van der Waals surface area contributed by atoms with E-state index in [2.05, 4.69) is 20.7 Å². The highest BCUT2D eigenvalue weighted by molar-refractivity contribution is 6.03. The van der Waals surface area contributed by atoms with E-state index in [4.69, 9.17) is 25.9 Å². The van der Waals surface area contributed by atoms with Gasteiger partial charge < -0.3 is 19.5 Å².